The third-order valence-electron chi connectivity index (χ3n) is 2.09. The Morgan fingerprint density at radius 3 is 1.88 bits per heavy atom. The van der Waals surface area contributed by atoms with Gasteiger partial charge in [-0.3, -0.25) is 9.59 Å². The quantitative estimate of drug-likeness (QED) is 0.372. The summed E-state index contributed by atoms with van der Waals surface area (Å²) in [7, 11) is 0. The zero-order valence-corrected chi connectivity index (χ0v) is 8.76. The van der Waals surface area contributed by atoms with Crippen molar-refractivity contribution < 1.29 is 34.8 Å². The number of carbonyl (C=O) groups excluding carboxylic acids is 1. The minimum Gasteiger partial charge on any atom is -0.481 e. The summed E-state index contributed by atoms with van der Waals surface area (Å²) < 4.78 is 4.65. The molecule has 0 rings (SSSR count). The highest BCUT2D eigenvalue weighted by atomic mass is 16.5. The Kier molecular flexibility index (Phi) is 6.63. The Labute approximate surface area is 92.3 Å². The van der Waals surface area contributed by atoms with Crippen molar-refractivity contribution in [2.24, 2.45) is 5.41 Å². The number of carboxylic acids is 1. The van der Waals surface area contributed by atoms with Gasteiger partial charge in [-0.15, -0.1) is 0 Å². The number of ether oxygens (including phenoxy) is 1. The number of carbonyl (C=O) groups is 2. The van der Waals surface area contributed by atoms with E-state index in [-0.39, 0.29) is 19.4 Å². The number of hydrogen-bond acceptors (Lipinski definition) is 6. The van der Waals surface area contributed by atoms with E-state index in [1.807, 2.05) is 0 Å². The van der Waals surface area contributed by atoms with Crippen molar-refractivity contribution in [1.82, 2.24) is 0 Å². The highest BCUT2D eigenvalue weighted by Gasteiger charge is 2.30. The second-order valence-corrected chi connectivity index (χ2v) is 3.53. The predicted molar refractivity (Wildman–Crippen MR) is 51.5 cm³/mol. The van der Waals surface area contributed by atoms with Crippen LogP contribution in [0.5, 0.6) is 0 Å². The van der Waals surface area contributed by atoms with Gasteiger partial charge in [0.05, 0.1) is 38.1 Å². The van der Waals surface area contributed by atoms with Crippen LogP contribution >= 0.6 is 0 Å². The van der Waals surface area contributed by atoms with Gasteiger partial charge in [0.25, 0.3) is 0 Å². The number of esters is 1. The Hall–Kier alpha value is -1.18. The molecular weight excluding hydrogens is 220 g/mol. The molecule has 0 radical (unpaired) electrons. The van der Waals surface area contributed by atoms with E-state index in [1.54, 1.807) is 0 Å². The molecule has 0 aromatic heterocycles. The molecule has 0 spiro atoms. The number of aliphatic hydroxyl groups is 3. The number of aliphatic carboxylic acids is 1. The van der Waals surface area contributed by atoms with Crippen LogP contribution in [-0.2, 0) is 14.3 Å². The molecule has 0 unspecified atom stereocenters. The van der Waals surface area contributed by atoms with Crippen LogP contribution in [0.3, 0.4) is 0 Å². The van der Waals surface area contributed by atoms with Gasteiger partial charge in [0.2, 0.25) is 0 Å². The average Bonchev–Trinajstić information content (AvgIpc) is 2.29. The molecule has 0 aliphatic carbocycles. The lowest BCUT2D eigenvalue weighted by Gasteiger charge is -2.26. The van der Waals surface area contributed by atoms with Crippen LogP contribution in [0.2, 0.25) is 0 Å². The van der Waals surface area contributed by atoms with Crippen LogP contribution < -0.4 is 0 Å². The molecule has 0 aromatic carbocycles. The van der Waals surface area contributed by atoms with Gasteiger partial charge >= 0.3 is 11.9 Å². The summed E-state index contributed by atoms with van der Waals surface area (Å²) in [5, 5.41) is 35.0. The van der Waals surface area contributed by atoms with E-state index in [2.05, 4.69) is 4.74 Å². The zero-order valence-electron chi connectivity index (χ0n) is 8.76. The fourth-order valence-electron chi connectivity index (χ4n) is 0.802. The summed E-state index contributed by atoms with van der Waals surface area (Å²) in [5.41, 5.74) is -1.28. The van der Waals surface area contributed by atoms with Gasteiger partial charge in [-0.1, -0.05) is 0 Å². The molecule has 0 aliphatic heterocycles. The average molecular weight is 236 g/mol. The van der Waals surface area contributed by atoms with E-state index in [4.69, 9.17) is 20.4 Å². The molecule has 0 fully saturated rings. The normalized spacial score (nSPS) is 11.2. The van der Waals surface area contributed by atoms with Crippen molar-refractivity contribution in [2.75, 3.05) is 26.4 Å². The van der Waals surface area contributed by atoms with Gasteiger partial charge in [0.15, 0.2) is 0 Å². The van der Waals surface area contributed by atoms with Crippen molar-refractivity contribution in [3.63, 3.8) is 0 Å². The molecule has 16 heavy (non-hydrogen) atoms. The van der Waals surface area contributed by atoms with Gasteiger partial charge in [-0.2, -0.15) is 0 Å². The standard InChI is InChI=1S/C9H16O7/c10-3-9(4-11,5-12)6-16-8(15)2-1-7(13)14/h10-12H,1-6H2,(H,13,14). The molecule has 0 aliphatic rings. The van der Waals surface area contributed by atoms with Gasteiger partial charge in [-0.05, 0) is 0 Å². The molecule has 0 bridgehead atoms. The molecule has 7 heteroatoms. The number of carboxylic acid groups (broad SMARTS) is 1. The summed E-state index contributed by atoms with van der Waals surface area (Å²) in [6, 6.07) is 0. The van der Waals surface area contributed by atoms with Gasteiger partial charge in [-0.25, -0.2) is 0 Å². The van der Waals surface area contributed by atoms with Crippen LogP contribution in [-0.4, -0.2) is 58.8 Å². The van der Waals surface area contributed by atoms with Crippen LogP contribution in [0.25, 0.3) is 0 Å². The lowest BCUT2D eigenvalue weighted by molar-refractivity contribution is -0.153. The Morgan fingerprint density at radius 1 is 1.00 bits per heavy atom. The van der Waals surface area contributed by atoms with Crippen LogP contribution in [0.1, 0.15) is 12.8 Å². The highest BCUT2D eigenvalue weighted by molar-refractivity contribution is 5.76. The first kappa shape index (κ1) is 14.8. The van der Waals surface area contributed by atoms with Crippen molar-refractivity contribution in [3.05, 3.63) is 0 Å². The maximum absolute atomic E-state index is 11.0. The van der Waals surface area contributed by atoms with E-state index in [1.165, 1.54) is 0 Å². The fourth-order valence-corrected chi connectivity index (χ4v) is 0.802. The lowest BCUT2D eigenvalue weighted by atomic mass is 9.93. The summed E-state index contributed by atoms with van der Waals surface area (Å²) in [4.78, 5) is 21.2. The molecule has 0 amide bonds. The van der Waals surface area contributed by atoms with Crippen LogP contribution in [0, 0.1) is 5.41 Å². The molecule has 0 atom stereocenters. The first-order valence-electron chi connectivity index (χ1n) is 4.69. The third-order valence-corrected chi connectivity index (χ3v) is 2.09. The van der Waals surface area contributed by atoms with Gasteiger partial charge in [0, 0.05) is 0 Å². The van der Waals surface area contributed by atoms with Crippen molar-refractivity contribution in [3.8, 4) is 0 Å². The number of rotatable bonds is 8. The molecular formula is C9H16O7. The fraction of sp³-hybridized carbons (Fsp3) is 0.778. The number of aliphatic hydroxyl groups excluding tert-OH is 3. The SMILES string of the molecule is O=C(O)CCC(=O)OCC(CO)(CO)CO. The monoisotopic (exact) mass is 236 g/mol. The van der Waals surface area contributed by atoms with Gasteiger partial charge in [0.1, 0.15) is 6.61 Å². The molecule has 0 aromatic rings. The minimum atomic E-state index is -1.28. The van der Waals surface area contributed by atoms with E-state index >= 15 is 0 Å². The largest absolute Gasteiger partial charge is 0.481 e. The Balaban J connectivity index is 4.01. The summed E-state index contributed by atoms with van der Waals surface area (Å²) in [6.07, 6.45) is -0.628. The Bertz CT molecular complexity index is 226. The van der Waals surface area contributed by atoms with E-state index in [9.17, 15) is 9.59 Å². The second-order valence-electron chi connectivity index (χ2n) is 3.53. The van der Waals surface area contributed by atoms with E-state index < -0.39 is 37.2 Å². The Morgan fingerprint density at radius 2 is 1.50 bits per heavy atom. The highest BCUT2D eigenvalue weighted by Crippen LogP contribution is 2.15. The van der Waals surface area contributed by atoms with Crippen molar-refractivity contribution >= 4 is 11.9 Å². The summed E-state index contributed by atoms with van der Waals surface area (Å²) in [6.45, 7) is -1.96. The molecule has 7 nitrogen and oxygen atoms in total. The maximum atomic E-state index is 11.0. The second kappa shape index (κ2) is 7.15. The van der Waals surface area contributed by atoms with Crippen LogP contribution in [0.4, 0.5) is 0 Å². The lowest BCUT2D eigenvalue weighted by Crippen LogP contribution is -2.39. The van der Waals surface area contributed by atoms with Crippen molar-refractivity contribution in [1.29, 1.82) is 0 Å². The molecule has 0 saturated heterocycles. The number of hydrogen-bond donors (Lipinski definition) is 4. The predicted octanol–water partition coefficient (Wildman–Crippen LogP) is -1.64. The first-order chi connectivity index (χ1) is 7.49. The topological polar surface area (TPSA) is 124 Å². The summed E-state index contributed by atoms with van der Waals surface area (Å²) in [5.74, 6) is -1.86. The maximum Gasteiger partial charge on any atom is 0.306 e. The molecule has 4 N–H and O–H groups in total. The van der Waals surface area contributed by atoms with Crippen LogP contribution in [0.15, 0.2) is 0 Å². The minimum absolute atomic E-state index is 0.284. The van der Waals surface area contributed by atoms with Crippen molar-refractivity contribution in [2.45, 2.75) is 12.8 Å². The van der Waals surface area contributed by atoms with E-state index in [0.717, 1.165) is 0 Å². The first-order valence-corrected chi connectivity index (χ1v) is 4.69. The molecule has 0 saturated carbocycles. The van der Waals surface area contributed by atoms with E-state index in [0.29, 0.717) is 0 Å². The molecule has 94 valence electrons. The van der Waals surface area contributed by atoms with Gasteiger partial charge < -0.3 is 25.2 Å². The summed E-state index contributed by atoms with van der Waals surface area (Å²) >= 11 is 0. The molecule has 0 heterocycles. The zero-order chi connectivity index (χ0) is 12.6. The third kappa shape index (κ3) is 5.06. The smallest absolute Gasteiger partial charge is 0.306 e.